The molecule has 118 valence electrons. The Balaban J connectivity index is 1.76. The van der Waals surface area contributed by atoms with Crippen molar-refractivity contribution >= 4 is 11.9 Å². The second-order valence-corrected chi connectivity index (χ2v) is 5.10. The second kappa shape index (κ2) is 7.24. The third-order valence-electron chi connectivity index (χ3n) is 3.50. The molecule has 0 unspecified atom stereocenters. The lowest BCUT2D eigenvalue weighted by atomic mass is 9.99. The van der Waals surface area contributed by atoms with Gasteiger partial charge in [0.1, 0.15) is 0 Å². The van der Waals surface area contributed by atoms with Crippen molar-refractivity contribution in [2.45, 2.75) is 0 Å². The van der Waals surface area contributed by atoms with Gasteiger partial charge in [-0.1, -0.05) is 66.7 Å². The first kappa shape index (κ1) is 15.5. The predicted molar refractivity (Wildman–Crippen MR) is 91.2 cm³/mol. The molecule has 0 atom stereocenters. The van der Waals surface area contributed by atoms with E-state index in [2.05, 4.69) is 5.48 Å². The van der Waals surface area contributed by atoms with Gasteiger partial charge in [0, 0.05) is 0 Å². The van der Waals surface area contributed by atoms with Crippen molar-refractivity contribution in [2.24, 2.45) is 0 Å². The zero-order chi connectivity index (χ0) is 16.8. The first-order valence-electron chi connectivity index (χ1n) is 7.47. The highest BCUT2D eigenvalue weighted by molar-refractivity contribution is 6.01. The van der Waals surface area contributed by atoms with E-state index in [0.717, 1.165) is 11.1 Å². The molecule has 0 aliphatic carbocycles. The lowest BCUT2D eigenvalue weighted by Gasteiger charge is -2.10. The molecule has 0 saturated heterocycles. The molecule has 0 radical (unpaired) electrons. The Kier molecular flexibility index (Phi) is 4.68. The predicted octanol–water partition coefficient (Wildman–Crippen LogP) is 3.86. The Morgan fingerprint density at radius 3 is 2.00 bits per heavy atom. The molecule has 4 heteroatoms. The fourth-order valence-corrected chi connectivity index (χ4v) is 2.33. The van der Waals surface area contributed by atoms with Gasteiger partial charge in [0.2, 0.25) is 0 Å². The van der Waals surface area contributed by atoms with E-state index in [1.54, 1.807) is 42.5 Å². The molecule has 3 aromatic rings. The third-order valence-corrected chi connectivity index (χ3v) is 3.50. The maximum absolute atomic E-state index is 12.4. The molecule has 0 aliphatic heterocycles. The van der Waals surface area contributed by atoms with Gasteiger partial charge in [-0.2, -0.15) is 5.48 Å². The molecule has 1 N–H and O–H groups in total. The Hall–Kier alpha value is -3.40. The highest BCUT2D eigenvalue weighted by Gasteiger charge is 2.14. The number of amides is 1. The number of carbonyl (C=O) groups is 2. The average molecular weight is 317 g/mol. The van der Waals surface area contributed by atoms with Crippen LogP contribution in [-0.4, -0.2) is 11.9 Å². The van der Waals surface area contributed by atoms with Crippen molar-refractivity contribution in [2.75, 3.05) is 0 Å². The maximum atomic E-state index is 12.4. The molecule has 0 aliphatic rings. The number of carbonyl (C=O) groups excluding carboxylic acids is 2. The summed E-state index contributed by atoms with van der Waals surface area (Å²) in [7, 11) is 0. The van der Waals surface area contributed by atoms with Crippen LogP contribution in [0.5, 0.6) is 0 Å². The van der Waals surface area contributed by atoms with E-state index in [1.807, 2.05) is 42.5 Å². The summed E-state index contributed by atoms with van der Waals surface area (Å²) in [5, 5.41) is 0. The van der Waals surface area contributed by atoms with Crippen LogP contribution in [-0.2, 0) is 4.84 Å². The molecule has 3 aromatic carbocycles. The summed E-state index contributed by atoms with van der Waals surface area (Å²) in [6.45, 7) is 0. The van der Waals surface area contributed by atoms with E-state index in [-0.39, 0.29) is 0 Å². The molecule has 0 bridgehead atoms. The summed E-state index contributed by atoms with van der Waals surface area (Å²) >= 11 is 0. The highest BCUT2D eigenvalue weighted by atomic mass is 16.7. The van der Waals surface area contributed by atoms with Crippen LogP contribution >= 0.6 is 0 Å². The first-order chi connectivity index (χ1) is 11.8. The number of hydrogen-bond acceptors (Lipinski definition) is 3. The summed E-state index contributed by atoms with van der Waals surface area (Å²) < 4.78 is 0. The van der Waals surface area contributed by atoms with Gasteiger partial charge >= 0.3 is 5.97 Å². The lowest BCUT2D eigenvalue weighted by Crippen LogP contribution is -2.27. The van der Waals surface area contributed by atoms with E-state index in [1.165, 1.54) is 0 Å². The number of nitrogens with one attached hydrogen (secondary N) is 1. The average Bonchev–Trinajstić information content (AvgIpc) is 2.67. The Labute approximate surface area is 139 Å². The normalized spacial score (nSPS) is 10.0. The van der Waals surface area contributed by atoms with E-state index in [9.17, 15) is 9.59 Å². The summed E-state index contributed by atoms with van der Waals surface area (Å²) in [5.74, 6) is -1.08. The lowest BCUT2D eigenvalue weighted by molar-refractivity contribution is 0.0230. The molecular weight excluding hydrogens is 302 g/mol. The maximum Gasteiger partial charge on any atom is 0.362 e. The smallest absolute Gasteiger partial charge is 0.335 e. The van der Waals surface area contributed by atoms with Crippen LogP contribution < -0.4 is 5.48 Å². The summed E-state index contributed by atoms with van der Waals surface area (Å²) in [6, 6.07) is 25.2. The molecule has 0 heterocycles. The van der Waals surface area contributed by atoms with Gasteiger partial charge in [-0.15, -0.1) is 0 Å². The fourth-order valence-electron chi connectivity index (χ4n) is 2.33. The van der Waals surface area contributed by atoms with Gasteiger partial charge in [-0.25, -0.2) is 4.79 Å². The molecular formula is C20H15NO3. The van der Waals surface area contributed by atoms with Gasteiger partial charge in [-0.3, -0.25) is 4.79 Å². The quantitative estimate of drug-likeness (QED) is 0.746. The zero-order valence-corrected chi connectivity index (χ0v) is 12.8. The van der Waals surface area contributed by atoms with Gasteiger partial charge in [0.15, 0.2) is 0 Å². The minimum Gasteiger partial charge on any atom is -0.335 e. The summed E-state index contributed by atoms with van der Waals surface area (Å²) in [4.78, 5) is 29.2. The third kappa shape index (κ3) is 3.50. The van der Waals surface area contributed by atoms with Crippen LogP contribution in [0.4, 0.5) is 0 Å². The van der Waals surface area contributed by atoms with Crippen molar-refractivity contribution in [1.29, 1.82) is 0 Å². The van der Waals surface area contributed by atoms with Crippen molar-refractivity contribution in [3.63, 3.8) is 0 Å². The highest BCUT2D eigenvalue weighted by Crippen LogP contribution is 2.23. The van der Waals surface area contributed by atoms with Crippen molar-refractivity contribution < 1.29 is 14.4 Å². The molecule has 0 fully saturated rings. The van der Waals surface area contributed by atoms with Crippen molar-refractivity contribution in [3.8, 4) is 11.1 Å². The van der Waals surface area contributed by atoms with Crippen LogP contribution in [0, 0.1) is 0 Å². The van der Waals surface area contributed by atoms with Crippen LogP contribution in [0.25, 0.3) is 11.1 Å². The molecule has 3 rings (SSSR count). The fraction of sp³-hybridized carbons (Fsp3) is 0. The Bertz CT molecular complexity index is 845. The monoisotopic (exact) mass is 317 g/mol. The van der Waals surface area contributed by atoms with Gasteiger partial charge in [-0.05, 0) is 29.3 Å². The van der Waals surface area contributed by atoms with Gasteiger partial charge < -0.3 is 4.84 Å². The van der Waals surface area contributed by atoms with E-state index < -0.39 is 11.9 Å². The van der Waals surface area contributed by atoms with Crippen LogP contribution in [0.15, 0.2) is 84.9 Å². The van der Waals surface area contributed by atoms with E-state index >= 15 is 0 Å². The van der Waals surface area contributed by atoms with E-state index in [0.29, 0.717) is 11.1 Å². The number of benzene rings is 3. The van der Waals surface area contributed by atoms with Crippen molar-refractivity contribution in [1.82, 2.24) is 5.48 Å². The molecule has 0 saturated carbocycles. The molecule has 4 nitrogen and oxygen atoms in total. The number of rotatable bonds is 3. The SMILES string of the molecule is O=C(ONC(=O)c1ccccc1-c1ccccc1)c1ccccc1. The summed E-state index contributed by atoms with van der Waals surface area (Å²) in [5.41, 5.74) is 4.71. The Morgan fingerprint density at radius 2 is 1.29 bits per heavy atom. The largest absolute Gasteiger partial charge is 0.362 e. The standard InChI is InChI=1S/C20H15NO3/c22-19(21-24-20(23)16-11-5-2-6-12-16)18-14-8-7-13-17(18)15-9-3-1-4-10-15/h1-14H,(H,21,22). The molecule has 1 amide bonds. The Morgan fingerprint density at radius 1 is 0.708 bits per heavy atom. The molecule has 24 heavy (non-hydrogen) atoms. The van der Waals surface area contributed by atoms with Crippen molar-refractivity contribution in [3.05, 3.63) is 96.1 Å². The van der Waals surface area contributed by atoms with E-state index in [4.69, 9.17) is 4.84 Å². The number of hydrogen-bond donors (Lipinski definition) is 1. The second-order valence-electron chi connectivity index (χ2n) is 5.10. The molecule has 0 aromatic heterocycles. The topological polar surface area (TPSA) is 55.4 Å². The van der Waals surface area contributed by atoms with Gasteiger partial charge in [0.05, 0.1) is 11.1 Å². The van der Waals surface area contributed by atoms with Gasteiger partial charge in [0.25, 0.3) is 5.91 Å². The zero-order valence-electron chi connectivity index (χ0n) is 12.8. The minimum atomic E-state index is -0.610. The minimum absolute atomic E-state index is 0.370. The van der Waals surface area contributed by atoms with Crippen LogP contribution in [0.3, 0.4) is 0 Å². The number of hydroxylamine groups is 1. The van der Waals surface area contributed by atoms with Crippen LogP contribution in [0.2, 0.25) is 0 Å². The molecule has 0 spiro atoms. The van der Waals surface area contributed by atoms with Crippen LogP contribution in [0.1, 0.15) is 20.7 Å². The summed E-state index contributed by atoms with van der Waals surface area (Å²) in [6.07, 6.45) is 0. The first-order valence-corrected chi connectivity index (χ1v) is 7.47.